The molecule has 1 atom stereocenters. The van der Waals surface area contributed by atoms with Crippen molar-refractivity contribution in [3.05, 3.63) is 35.9 Å². The van der Waals surface area contributed by atoms with E-state index in [1.54, 1.807) is 0 Å². The number of hydrogen-bond donors (Lipinski definition) is 3. The molecule has 1 aliphatic rings. The molecule has 0 radical (unpaired) electrons. The van der Waals surface area contributed by atoms with Gasteiger partial charge in [0.15, 0.2) is 0 Å². The van der Waals surface area contributed by atoms with Gasteiger partial charge >= 0.3 is 6.03 Å². The van der Waals surface area contributed by atoms with E-state index in [-0.39, 0.29) is 18.7 Å². The molecule has 2 rings (SSSR count). The van der Waals surface area contributed by atoms with Crippen LogP contribution in [0.4, 0.5) is 4.79 Å². The second kappa shape index (κ2) is 9.53. The summed E-state index contributed by atoms with van der Waals surface area (Å²) < 4.78 is 0. The van der Waals surface area contributed by atoms with Crippen LogP contribution < -0.4 is 10.6 Å². The first-order chi connectivity index (χ1) is 11.2. The van der Waals surface area contributed by atoms with Crippen LogP contribution in [0, 0.1) is 5.92 Å². The highest BCUT2D eigenvalue weighted by atomic mass is 16.3. The molecule has 128 valence electrons. The number of aliphatic hydroxyl groups is 1. The zero-order chi connectivity index (χ0) is 16.5. The number of rotatable bonds is 7. The van der Waals surface area contributed by atoms with Crippen LogP contribution in [0.1, 0.15) is 37.8 Å². The van der Waals surface area contributed by atoms with Gasteiger partial charge in [-0.05, 0) is 50.4 Å². The maximum Gasteiger partial charge on any atom is 0.315 e. The van der Waals surface area contributed by atoms with Crippen molar-refractivity contribution >= 4 is 6.03 Å². The number of nitrogens with zero attached hydrogens (tertiary/aromatic N) is 1. The largest absolute Gasteiger partial charge is 0.394 e. The van der Waals surface area contributed by atoms with Gasteiger partial charge in [0, 0.05) is 6.54 Å². The van der Waals surface area contributed by atoms with Crippen molar-refractivity contribution in [1.82, 2.24) is 15.5 Å². The topological polar surface area (TPSA) is 64.6 Å². The Bertz CT molecular complexity index is 459. The molecule has 2 amide bonds. The minimum Gasteiger partial charge on any atom is -0.394 e. The number of aliphatic hydroxyl groups excluding tert-OH is 1. The molecule has 0 spiro atoms. The van der Waals surface area contributed by atoms with Crippen LogP contribution in [-0.4, -0.2) is 48.8 Å². The molecule has 1 fully saturated rings. The number of likely N-dealkylation sites (tertiary alicyclic amines) is 1. The number of hydrogen-bond acceptors (Lipinski definition) is 3. The Balaban J connectivity index is 1.71. The molecule has 1 saturated heterocycles. The molecule has 1 aromatic carbocycles. The van der Waals surface area contributed by atoms with Crippen LogP contribution in [0.15, 0.2) is 30.3 Å². The van der Waals surface area contributed by atoms with Gasteiger partial charge < -0.3 is 20.6 Å². The molecule has 1 aromatic rings. The van der Waals surface area contributed by atoms with Gasteiger partial charge in [-0.2, -0.15) is 0 Å². The fourth-order valence-corrected chi connectivity index (χ4v) is 3.10. The molecule has 1 heterocycles. The van der Waals surface area contributed by atoms with Crippen LogP contribution in [-0.2, 0) is 0 Å². The van der Waals surface area contributed by atoms with Gasteiger partial charge in [0.2, 0.25) is 0 Å². The number of urea groups is 1. The lowest BCUT2D eigenvalue weighted by atomic mass is 9.97. The number of piperidine rings is 1. The lowest BCUT2D eigenvalue weighted by molar-refractivity contribution is 0.180. The molecule has 0 saturated carbocycles. The van der Waals surface area contributed by atoms with Crippen LogP contribution in [0.3, 0.4) is 0 Å². The number of benzene rings is 1. The number of carbonyl (C=O) groups excluding carboxylic acids is 1. The summed E-state index contributed by atoms with van der Waals surface area (Å²) in [4.78, 5) is 14.5. The summed E-state index contributed by atoms with van der Waals surface area (Å²) in [5.41, 5.74) is 0.915. The van der Waals surface area contributed by atoms with Crippen LogP contribution in [0.5, 0.6) is 0 Å². The van der Waals surface area contributed by atoms with Crippen LogP contribution in [0.25, 0.3) is 0 Å². The fourth-order valence-electron chi connectivity index (χ4n) is 3.10. The van der Waals surface area contributed by atoms with Gasteiger partial charge in [0.25, 0.3) is 0 Å². The Morgan fingerprint density at radius 2 is 2.00 bits per heavy atom. The summed E-state index contributed by atoms with van der Waals surface area (Å²) in [5, 5.41) is 15.3. The van der Waals surface area contributed by atoms with Gasteiger partial charge in [-0.25, -0.2) is 4.79 Å². The normalized spacial score (nSPS) is 17.7. The van der Waals surface area contributed by atoms with E-state index in [9.17, 15) is 9.90 Å². The Morgan fingerprint density at radius 3 is 2.61 bits per heavy atom. The van der Waals surface area contributed by atoms with Crippen molar-refractivity contribution in [1.29, 1.82) is 0 Å². The van der Waals surface area contributed by atoms with Crippen molar-refractivity contribution in [2.24, 2.45) is 5.92 Å². The van der Waals surface area contributed by atoms with E-state index in [4.69, 9.17) is 0 Å². The first-order valence-electron chi connectivity index (χ1n) is 8.65. The van der Waals surface area contributed by atoms with Gasteiger partial charge in [-0.3, -0.25) is 0 Å². The molecule has 3 N–H and O–H groups in total. The zero-order valence-corrected chi connectivity index (χ0v) is 14.0. The van der Waals surface area contributed by atoms with E-state index in [0.717, 1.165) is 31.5 Å². The minimum atomic E-state index is -0.359. The average Bonchev–Trinajstić information content (AvgIpc) is 2.60. The molecule has 0 aliphatic carbocycles. The molecule has 5 nitrogen and oxygen atoms in total. The van der Waals surface area contributed by atoms with Gasteiger partial charge in [0.05, 0.1) is 12.6 Å². The summed E-state index contributed by atoms with van der Waals surface area (Å²) in [6.07, 6.45) is 3.48. The Morgan fingerprint density at radius 1 is 1.30 bits per heavy atom. The Hall–Kier alpha value is -1.59. The second-order valence-electron chi connectivity index (χ2n) is 6.29. The quantitative estimate of drug-likeness (QED) is 0.721. The predicted molar refractivity (Wildman–Crippen MR) is 92.3 cm³/mol. The third kappa shape index (κ3) is 5.84. The second-order valence-corrected chi connectivity index (χ2v) is 6.29. The summed E-state index contributed by atoms with van der Waals surface area (Å²) in [6.45, 7) is 6.25. The standard InChI is InChI=1S/C18H29N3O2/c1-2-10-21-11-8-15(9-12-21)13-19-18(23)20-17(14-22)16-6-4-3-5-7-16/h3-7,15,17,22H,2,8-14H2,1H3,(H2,19,20,23). The van der Waals surface area contributed by atoms with Crippen molar-refractivity contribution in [2.45, 2.75) is 32.2 Å². The monoisotopic (exact) mass is 319 g/mol. The van der Waals surface area contributed by atoms with Crippen molar-refractivity contribution in [3.8, 4) is 0 Å². The van der Waals surface area contributed by atoms with Gasteiger partial charge in [0.1, 0.15) is 0 Å². The minimum absolute atomic E-state index is 0.104. The maximum absolute atomic E-state index is 12.1. The van der Waals surface area contributed by atoms with E-state index in [0.29, 0.717) is 12.5 Å². The highest BCUT2D eigenvalue weighted by molar-refractivity contribution is 5.74. The number of carbonyl (C=O) groups is 1. The fraction of sp³-hybridized carbons (Fsp3) is 0.611. The molecule has 1 aliphatic heterocycles. The molecule has 0 aromatic heterocycles. The number of nitrogens with one attached hydrogen (secondary N) is 2. The molecule has 5 heteroatoms. The molecular weight excluding hydrogens is 290 g/mol. The van der Waals surface area contributed by atoms with E-state index in [1.807, 2.05) is 30.3 Å². The van der Waals surface area contributed by atoms with Crippen molar-refractivity contribution < 1.29 is 9.90 Å². The van der Waals surface area contributed by atoms with E-state index in [2.05, 4.69) is 22.5 Å². The predicted octanol–water partition coefficient (Wildman–Crippen LogP) is 2.14. The molecule has 0 bridgehead atoms. The summed E-state index contributed by atoms with van der Waals surface area (Å²) >= 11 is 0. The van der Waals surface area contributed by atoms with Crippen molar-refractivity contribution in [2.75, 3.05) is 32.8 Å². The first-order valence-corrected chi connectivity index (χ1v) is 8.65. The lowest BCUT2D eigenvalue weighted by Gasteiger charge is -2.31. The van der Waals surface area contributed by atoms with E-state index >= 15 is 0 Å². The van der Waals surface area contributed by atoms with Gasteiger partial charge in [-0.15, -0.1) is 0 Å². The zero-order valence-electron chi connectivity index (χ0n) is 14.0. The highest BCUT2D eigenvalue weighted by Crippen LogP contribution is 2.16. The molecular formula is C18H29N3O2. The van der Waals surface area contributed by atoms with Crippen LogP contribution in [0.2, 0.25) is 0 Å². The van der Waals surface area contributed by atoms with E-state index in [1.165, 1.54) is 13.0 Å². The molecule has 23 heavy (non-hydrogen) atoms. The summed E-state index contributed by atoms with van der Waals surface area (Å²) in [6, 6.07) is 8.98. The lowest BCUT2D eigenvalue weighted by Crippen LogP contribution is -2.43. The van der Waals surface area contributed by atoms with E-state index < -0.39 is 0 Å². The summed E-state index contributed by atoms with van der Waals surface area (Å²) in [7, 11) is 0. The highest BCUT2D eigenvalue weighted by Gasteiger charge is 2.19. The Labute approximate surface area is 139 Å². The third-order valence-electron chi connectivity index (χ3n) is 4.49. The van der Waals surface area contributed by atoms with Gasteiger partial charge in [-0.1, -0.05) is 37.3 Å². The molecule has 1 unspecified atom stereocenters. The maximum atomic E-state index is 12.1. The third-order valence-corrected chi connectivity index (χ3v) is 4.49. The number of amides is 2. The average molecular weight is 319 g/mol. The Kier molecular flexibility index (Phi) is 7.36. The van der Waals surface area contributed by atoms with Crippen molar-refractivity contribution in [3.63, 3.8) is 0 Å². The smallest absolute Gasteiger partial charge is 0.315 e. The van der Waals surface area contributed by atoms with Crippen LogP contribution >= 0.6 is 0 Å². The summed E-state index contributed by atoms with van der Waals surface area (Å²) in [5.74, 6) is 0.554. The SMILES string of the molecule is CCCN1CCC(CNC(=O)NC(CO)c2ccccc2)CC1. The first kappa shape index (κ1) is 17.8.